The summed E-state index contributed by atoms with van der Waals surface area (Å²) >= 11 is 0. The van der Waals surface area contributed by atoms with E-state index in [0.29, 0.717) is 18.4 Å². The molecular weight excluding hydrogens is 282 g/mol. The quantitative estimate of drug-likeness (QED) is 0.894. The summed E-state index contributed by atoms with van der Waals surface area (Å²) in [4.78, 5) is 11.1. The highest BCUT2D eigenvalue weighted by atomic mass is 32.2. The van der Waals surface area contributed by atoms with E-state index in [1.54, 1.807) is 12.1 Å². The lowest BCUT2D eigenvalue weighted by Gasteiger charge is -2.09. The summed E-state index contributed by atoms with van der Waals surface area (Å²) in [5.74, 6) is -0.860. The molecule has 1 unspecified atom stereocenters. The normalized spacial score (nSPS) is 21.3. The number of fused-ring (bicyclic) bond motifs is 1. The van der Waals surface area contributed by atoms with Crippen LogP contribution in [0.15, 0.2) is 18.2 Å². The van der Waals surface area contributed by atoms with Gasteiger partial charge >= 0.3 is 5.97 Å². The Labute approximate surface area is 115 Å². The number of hydrogen-bond donors (Lipinski definition) is 1. The first kappa shape index (κ1) is 13.0. The molecule has 3 rings (SSSR count). The van der Waals surface area contributed by atoms with Gasteiger partial charge in [0.05, 0.1) is 28.6 Å². The number of carboxylic acid groups (broad SMARTS) is 1. The van der Waals surface area contributed by atoms with Crippen molar-refractivity contribution in [3.63, 3.8) is 0 Å². The summed E-state index contributed by atoms with van der Waals surface area (Å²) in [6.07, 6.45) is 1.28. The molecule has 1 fully saturated rings. The molecule has 2 aromatic rings. The average Bonchev–Trinajstić information content (AvgIpc) is 2.94. The van der Waals surface area contributed by atoms with E-state index >= 15 is 0 Å². The Balaban J connectivity index is 2.02. The molecule has 0 aliphatic carbocycles. The fourth-order valence-corrected chi connectivity index (χ4v) is 4.35. The van der Waals surface area contributed by atoms with E-state index in [1.807, 2.05) is 0 Å². The lowest BCUT2D eigenvalue weighted by molar-refractivity contribution is 0.0699. The van der Waals surface area contributed by atoms with Crippen LogP contribution in [0.2, 0.25) is 0 Å². The van der Waals surface area contributed by atoms with Crippen LogP contribution in [0.3, 0.4) is 0 Å². The van der Waals surface area contributed by atoms with Crippen LogP contribution in [-0.4, -0.2) is 45.5 Å². The maximum absolute atomic E-state index is 11.8. The van der Waals surface area contributed by atoms with Crippen molar-refractivity contribution in [2.45, 2.75) is 24.6 Å². The number of sulfone groups is 1. The maximum atomic E-state index is 11.8. The molecule has 7 nitrogen and oxygen atoms in total. The third kappa shape index (κ3) is 2.05. The van der Waals surface area contributed by atoms with E-state index in [2.05, 4.69) is 10.3 Å². The standard InChI is InChI=1S/C12H13N3O4S/c16-12(17)9-4-1-5-10-11(9)13-14-15(10)7-8-3-2-6-20(8,18)19/h1,4-5,8H,2-3,6-7H2,(H,16,17). The van der Waals surface area contributed by atoms with Crippen LogP contribution in [0, 0.1) is 0 Å². The van der Waals surface area contributed by atoms with Crippen LogP contribution in [0.5, 0.6) is 0 Å². The Morgan fingerprint density at radius 3 is 2.90 bits per heavy atom. The van der Waals surface area contributed by atoms with E-state index < -0.39 is 21.1 Å². The van der Waals surface area contributed by atoms with Gasteiger partial charge in [-0.1, -0.05) is 11.3 Å². The smallest absolute Gasteiger partial charge is 0.338 e. The van der Waals surface area contributed by atoms with Gasteiger partial charge in [-0.15, -0.1) is 5.10 Å². The zero-order valence-electron chi connectivity index (χ0n) is 10.6. The van der Waals surface area contributed by atoms with Crippen LogP contribution in [0.4, 0.5) is 0 Å². The minimum Gasteiger partial charge on any atom is -0.478 e. The number of carbonyl (C=O) groups is 1. The molecular formula is C12H13N3O4S. The maximum Gasteiger partial charge on any atom is 0.338 e. The van der Waals surface area contributed by atoms with Gasteiger partial charge in [-0.25, -0.2) is 17.9 Å². The highest BCUT2D eigenvalue weighted by Crippen LogP contribution is 2.23. The molecule has 20 heavy (non-hydrogen) atoms. The van der Waals surface area contributed by atoms with Gasteiger partial charge in [0.2, 0.25) is 0 Å². The Morgan fingerprint density at radius 2 is 2.25 bits per heavy atom. The highest BCUT2D eigenvalue weighted by Gasteiger charge is 2.32. The zero-order valence-corrected chi connectivity index (χ0v) is 11.4. The first-order chi connectivity index (χ1) is 9.49. The van der Waals surface area contributed by atoms with E-state index in [4.69, 9.17) is 5.11 Å². The third-order valence-corrected chi connectivity index (χ3v) is 5.87. The largest absolute Gasteiger partial charge is 0.478 e. The van der Waals surface area contributed by atoms with Crippen LogP contribution >= 0.6 is 0 Å². The molecule has 1 aliphatic rings. The summed E-state index contributed by atoms with van der Waals surface area (Å²) in [5, 5.41) is 16.4. The topological polar surface area (TPSA) is 102 Å². The molecule has 0 radical (unpaired) electrons. The second-order valence-corrected chi connectivity index (χ2v) is 7.28. The van der Waals surface area contributed by atoms with E-state index in [1.165, 1.54) is 10.7 Å². The van der Waals surface area contributed by atoms with Gasteiger partial charge in [0, 0.05) is 0 Å². The van der Waals surface area contributed by atoms with E-state index in [0.717, 1.165) is 0 Å². The molecule has 1 saturated heterocycles. The van der Waals surface area contributed by atoms with E-state index in [9.17, 15) is 13.2 Å². The predicted octanol–water partition coefficient (Wildman–Crippen LogP) is 0.707. The molecule has 2 heterocycles. The molecule has 106 valence electrons. The number of hydrogen-bond acceptors (Lipinski definition) is 5. The van der Waals surface area contributed by atoms with Crippen molar-refractivity contribution in [3.05, 3.63) is 23.8 Å². The van der Waals surface area contributed by atoms with Crippen molar-refractivity contribution >= 4 is 26.8 Å². The molecule has 0 saturated carbocycles. The second-order valence-electron chi connectivity index (χ2n) is 4.88. The summed E-state index contributed by atoms with van der Waals surface area (Å²) in [7, 11) is -3.06. The van der Waals surface area contributed by atoms with Crippen molar-refractivity contribution in [1.29, 1.82) is 0 Å². The van der Waals surface area contributed by atoms with Crippen molar-refractivity contribution in [3.8, 4) is 0 Å². The SMILES string of the molecule is O=C(O)c1cccc2c1nnn2CC1CCCS1(=O)=O. The van der Waals surface area contributed by atoms with Crippen molar-refractivity contribution in [1.82, 2.24) is 15.0 Å². The van der Waals surface area contributed by atoms with Gasteiger partial charge in [0.25, 0.3) is 0 Å². The fraction of sp³-hybridized carbons (Fsp3) is 0.417. The number of aromatic nitrogens is 3. The van der Waals surface area contributed by atoms with Crippen molar-refractivity contribution < 1.29 is 18.3 Å². The zero-order chi connectivity index (χ0) is 14.3. The van der Waals surface area contributed by atoms with Gasteiger partial charge in [0.1, 0.15) is 5.52 Å². The number of nitrogens with zero attached hydrogens (tertiary/aromatic N) is 3. The van der Waals surface area contributed by atoms with Gasteiger partial charge in [0.15, 0.2) is 9.84 Å². The molecule has 1 atom stereocenters. The number of aromatic carboxylic acids is 1. The van der Waals surface area contributed by atoms with E-state index in [-0.39, 0.29) is 23.4 Å². The highest BCUT2D eigenvalue weighted by molar-refractivity contribution is 7.92. The molecule has 1 aromatic carbocycles. The Hall–Kier alpha value is -1.96. The summed E-state index contributed by atoms with van der Waals surface area (Å²) < 4.78 is 25.2. The molecule has 0 amide bonds. The Bertz CT molecular complexity index is 781. The summed E-state index contributed by atoms with van der Waals surface area (Å²) in [6, 6.07) is 4.76. The summed E-state index contributed by atoms with van der Waals surface area (Å²) in [5.41, 5.74) is 0.908. The molecule has 8 heteroatoms. The van der Waals surface area contributed by atoms with Crippen LogP contribution in [-0.2, 0) is 16.4 Å². The number of benzene rings is 1. The monoisotopic (exact) mass is 295 g/mol. The minimum atomic E-state index is -3.06. The minimum absolute atomic E-state index is 0.0722. The van der Waals surface area contributed by atoms with Gasteiger partial charge in [-0.2, -0.15) is 0 Å². The number of carboxylic acids is 1. The summed E-state index contributed by atoms with van der Waals surface area (Å²) in [6.45, 7) is 0.224. The van der Waals surface area contributed by atoms with Gasteiger partial charge in [-0.05, 0) is 25.0 Å². The first-order valence-electron chi connectivity index (χ1n) is 6.26. The molecule has 0 bridgehead atoms. The molecule has 1 N–H and O–H groups in total. The molecule has 1 aliphatic heterocycles. The fourth-order valence-electron chi connectivity index (χ4n) is 2.56. The third-order valence-electron chi connectivity index (χ3n) is 3.62. The lowest BCUT2D eigenvalue weighted by Crippen LogP contribution is -2.22. The second kappa shape index (κ2) is 4.55. The van der Waals surface area contributed by atoms with Crippen LogP contribution in [0.1, 0.15) is 23.2 Å². The Morgan fingerprint density at radius 1 is 1.45 bits per heavy atom. The van der Waals surface area contributed by atoms with Crippen molar-refractivity contribution in [2.75, 3.05) is 5.75 Å². The van der Waals surface area contributed by atoms with Crippen molar-refractivity contribution in [2.24, 2.45) is 0 Å². The first-order valence-corrected chi connectivity index (χ1v) is 7.97. The van der Waals surface area contributed by atoms with Crippen LogP contribution in [0.25, 0.3) is 11.0 Å². The van der Waals surface area contributed by atoms with Crippen LogP contribution < -0.4 is 0 Å². The lowest BCUT2D eigenvalue weighted by atomic mass is 10.2. The molecule has 1 aromatic heterocycles. The number of rotatable bonds is 3. The Kier molecular flexibility index (Phi) is 2.97. The van der Waals surface area contributed by atoms with Gasteiger partial charge < -0.3 is 5.11 Å². The molecule has 0 spiro atoms. The predicted molar refractivity (Wildman–Crippen MR) is 71.3 cm³/mol. The van der Waals surface area contributed by atoms with Gasteiger partial charge in [-0.3, -0.25) is 0 Å². The average molecular weight is 295 g/mol.